The Balaban J connectivity index is 1.99. The van der Waals surface area contributed by atoms with Crippen LogP contribution in [0.4, 0.5) is 29.3 Å². The van der Waals surface area contributed by atoms with Crippen molar-refractivity contribution in [3.05, 3.63) is 46.3 Å². The first-order valence-corrected chi connectivity index (χ1v) is 11.6. The third kappa shape index (κ3) is 5.99. The Hall–Kier alpha value is -2.82. The number of halogens is 4. The summed E-state index contributed by atoms with van der Waals surface area (Å²) in [6.07, 6.45) is 1.04. The van der Waals surface area contributed by atoms with E-state index in [-0.39, 0.29) is 28.2 Å². The summed E-state index contributed by atoms with van der Waals surface area (Å²) < 4.78 is 44.0. The zero-order chi connectivity index (χ0) is 25.0. The van der Waals surface area contributed by atoms with E-state index in [1.165, 1.54) is 6.92 Å². The summed E-state index contributed by atoms with van der Waals surface area (Å²) in [6, 6.07) is 7.35. The van der Waals surface area contributed by atoms with Crippen LogP contribution < -0.4 is 15.0 Å². The van der Waals surface area contributed by atoms with Crippen LogP contribution >= 0.6 is 15.9 Å². The summed E-state index contributed by atoms with van der Waals surface area (Å²) in [5, 5.41) is 2.50. The van der Waals surface area contributed by atoms with Crippen molar-refractivity contribution in [1.82, 2.24) is 9.88 Å². The summed E-state index contributed by atoms with van der Waals surface area (Å²) in [7, 11) is 0. The quantitative estimate of drug-likeness (QED) is 0.471. The number of nitrogens with one attached hydrogen (secondary N) is 1. The van der Waals surface area contributed by atoms with E-state index >= 15 is 0 Å². The number of rotatable bonds is 6. The van der Waals surface area contributed by atoms with Crippen LogP contribution in [0, 0.1) is 5.82 Å². The lowest BCUT2D eigenvalue weighted by molar-refractivity contribution is -0.129. The fraction of sp³-hybridized carbons (Fsp3) is 0.435. The molecule has 0 unspecified atom stereocenters. The number of aromatic nitrogens is 1. The molecule has 1 saturated heterocycles. The minimum atomic E-state index is -3.21. The van der Waals surface area contributed by atoms with Crippen LogP contribution in [0.25, 0.3) is 0 Å². The number of ether oxygens (including phenoxy) is 1. The topological polar surface area (TPSA) is 74.8 Å². The number of pyridine rings is 1. The zero-order valence-electron chi connectivity index (χ0n) is 19.0. The number of urea groups is 1. The second-order valence-corrected chi connectivity index (χ2v) is 8.99. The summed E-state index contributed by atoms with van der Waals surface area (Å²) >= 11 is 2.84. The van der Waals surface area contributed by atoms with Crippen LogP contribution in [-0.2, 0) is 4.79 Å². The Labute approximate surface area is 204 Å². The minimum Gasteiger partial charge on any atom is -0.415 e. The second kappa shape index (κ2) is 11.1. The normalized spacial score (nSPS) is 14.4. The average molecular weight is 543 g/mol. The smallest absolute Gasteiger partial charge is 0.388 e. The molecular weight excluding hydrogens is 517 g/mol. The predicted molar refractivity (Wildman–Crippen MR) is 126 cm³/mol. The lowest BCUT2D eigenvalue weighted by Gasteiger charge is -2.39. The van der Waals surface area contributed by atoms with E-state index in [1.54, 1.807) is 15.9 Å². The number of likely N-dealkylation sites (tertiary alicyclic amines) is 1. The number of nitrogens with zero attached hydrogens (tertiary/aromatic N) is 3. The van der Waals surface area contributed by atoms with Gasteiger partial charge in [0.2, 0.25) is 11.8 Å². The molecule has 1 aromatic carbocycles. The van der Waals surface area contributed by atoms with Gasteiger partial charge in [0.15, 0.2) is 5.82 Å². The molecule has 11 heteroatoms. The van der Waals surface area contributed by atoms with Crippen LogP contribution in [0.15, 0.2) is 34.9 Å². The fourth-order valence-corrected chi connectivity index (χ4v) is 4.27. The number of hydrogen-bond donors (Lipinski definition) is 1. The lowest BCUT2D eigenvalue weighted by Crippen LogP contribution is -2.50. The van der Waals surface area contributed by atoms with E-state index < -0.39 is 24.3 Å². The van der Waals surface area contributed by atoms with Crippen molar-refractivity contribution in [1.29, 1.82) is 0 Å². The van der Waals surface area contributed by atoms with Gasteiger partial charge in [0.1, 0.15) is 10.3 Å². The molecule has 1 fully saturated rings. The Morgan fingerprint density at radius 1 is 1.24 bits per heavy atom. The van der Waals surface area contributed by atoms with E-state index in [0.717, 1.165) is 11.6 Å². The van der Waals surface area contributed by atoms with Crippen LogP contribution in [0.2, 0.25) is 0 Å². The SMILES string of the molecule is CC(=O)N1CCC(N(C(=O)Nc2cc(F)c(Br)nc2OC(F)F)c2ccccc2C(C)C)CC1. The second-order valence-electron chi connectivity index (χ2n) is 8.24. The minimum absolute atomic E-state index is 0.0396. The Kier molecular flexibility index (Phi) is 8.40. The molecule has 0 atom stereocenters. The van der Waals surface area contributed by atoms with Gasteiger partial charge in [0.25, 0.3) is 0 Å². The molecule has 184 valence electrons. The molecule has 1 N–H and O–H groups in total. The fourth-order valence-electron chi connectivity index (χ4n) is 4.00. The first-order valence-electron chi connectivity index (χ1n) is 10.8. The van der Waals surface area contributed by atoms with Gasteiger partial charge >= 0.3 is 12.6 Å². The molecule has 2 heterocycles. The predicted octanol–water partition coefficient (Wildman–Crippen LogP) is 5.76. The van der Waals surface area contributed by atoms with E-state index in [2.05, 4.69) is 31.0 Å². The summed E-state index contributed by atoms with van der Waals surface area (Å²) in [5.41, 5.74) is 1.24. The van der Waals surface area contributed by atoms with Gasteiger partial charge < -0.3 is 15.0 Å². The van der Waals surface area contributed by atoms with E-state index in [0.29, 0.717) is 31.6 Å². The number of alkyl halides is 2. The maximum atomic E-state index is 14.2. The molecule has 1 aliphatic heterocycles. The molecule has 34 heavy (non-hydrogen) atoms. The number of amides is 3. The summed E-state index contributed by atoms with van der Waals surface area (Å²) in [5.74, 6) is -1.41. The van der Waals surface area contributed by atoms with Crippen molar-refractivity contribution < 1.29 is 27.5 Å². The zero-order valence-corrected chi connectivity index (χ0v) is 20.6. The Morgan fingerprint density at radius 3 is 2.47 bits per heavy atom. The van der Waals surface area contributed by atoms with Gasteiger partial charge in [-0.1, -0.05) is 32.0 Å². The van der Waals surface area contributed by atoms with Gasteiger partial charge in [0.05, 0.1) is 0 Å². The third-order valence-electron chi connectivity index (χ3n) is 5.65. The van der Waals surface area contributed by atoms with Crippen molar-refractivity contribution in [2.75, 3.05) is 23.3 Å². The van der Waals surface area contributed by atoms with Gasteiger partial charge in [-0.2, -0.15) is 8.78 Å². The molecular formula is C23H26BrF3N4O3. The highest BCUT2D eigenvalue weighted by atomic mass is 79.9. The molecule has 3 rings (SSSR count). The van der Waals surface area contributed by atoms with Gasteiger partial charge in [0, 0.05) is 37.8 Å². The van der Waals surface area contributed by atoms with Gasteiger partial charge in [-0.15, -0.1) is 0 Å². The maximum Gasteiger partial charge on any atom is 0.388 e. The first-order chi connectivity index (χ1) is 16.1. The highest BCUT2D eigenvalue weighted by molar-refractivity contribution is 9.10. The highest BCUT2D eigenvalue weighted by Crippen LogP contribution is 2.34. The van der Waals surface area contributed by atoms with Gasteiger partial charge in [-0.3, -0.25) is 9.69 Å². The van der Waals surface area contributed by atoms with Crippen molar-refractivity contribution in [2.45, 2.75) is 52.2 Å². The number of anilines is 2. The largest absolute Gasteiger partial charge is 0.415 e. The van der Waals surface area contributed by atoms with Gasteiger partial charge in [-0.25, -0.2) is 14.2 Å². The molecule has 2 aromatic rings. The van der Waals surface area contributed by atoms with Crippen LogP contribution in [-0.4, -0.2) is 47.6 Å². The molecule has 1 aromatic heterocycles. The molecule has 7 nitrogen and oxygen atoms in total. The van der Waals surface area contributed by atoms with Crippen molar-refractivity contribution in [3.8, 4) is 5.88 Å². The lowest BCUT2D eigenvalue weighted by atomic mass is 9.97. The first kappa shape index (κ1) is 25.8. The maximum absolute atomic E-state index is 14.2. The van der Waals surface area contributed by atoms with Crippen molar-refractivity contribution in [2.24, 2.45) is 0 Å². The van der Waals surface area contributed by atoms with Crippen LogP contribution in [0.3, 0.4) is 0 Å². The van der Waals surface area contributed by atoms with Crippen LogP contribution in [0.5, 0.6) is 5.88 Å². The molecule has 0 bridgehead atoms. The van der Waals surface area contributed by atoms with E-state index in [1.807, 2.05) is 32.0 Å². The Morgan fingerprint density at radius 2 is 1.88 bits per heavy atom. The number of hydrogen-bond acceptors (Lipinski definition) is 4. The van der Waals surface area contributed by atoms with Crippen molar-refractivity contribution in [3.63, 3.8) is 0 Å². The molecule has 0 radical (unpaired) electrons. The average Bonchev–Trinajstić information content (AvgIpc) is 2.77. The molecule has 3 amide bonds. The molecule has 0 spiro atoms. The summed E-state index contributed by atoms with van der Waals surface area (Å²) in [6.45, 7) is 3.22. The van der Waals surface area contributed by atoms with Crippen molar-refractivity contribution >= 4 is 39.2 Å². The van der Waals surface area contributed by atoms with E-state index in [4.69, 9.17) is 0 Å². The number of para-hydroxylation sites is 1. The van der Waals surface area contributed by atoms with E-state index in [9.17, 15) is 22.8 Å². The Bertz CT molecular complexity index is 1050. The third-order valence-corrected chi connectivity index (χ3v) is 6.21. The molecule has 1 aliphatic rings. The number of benzene rings is 1. The monoisotopic (exact) mass is 542 g/mol. The highest BCUT2D eigenvalue weighted by Gasteiger charge is 2.32. The van der Waals surface area contributed by atoms with Gasteiger partial charge in [-0.05, 0) is 46.3 Å². The van der Waals surface area contributed by atoms with Crippen LogP contribution in [0.1, 0.15) is 45.1 Å². The molecule has 0 saturated carbocycles. The summed E-state index contributed by atoms with van der Waals surface area (Å²) in [4.78, 5) is 32.2. The number of carbonyl (C=O) groups is 2. The number of carbonyl (C=O) groups excluding carboxylic acids is 2. The standard InChI is InChI=1S/C23H26BrF3N4O3/c1-13(2)16-6-4-5-7-19(16)31(15-8-10-30(11-9-15)14(3)32)23(33)28-18-12-17(25)20(24)29-21(18)34-22(26)27/h4-7,12-13,15,22H,8-11H2,1-3H3,(H,28,33). The number of piperidine rings is 1. The molecule has 0 aliphatic carbocycles.